The summed E-state index contributed by atoms with van der Waals surface area (Å²) in [5.41, 5.74) is 1.37. The molecule has 0 aliphatic carbocycles. The smallest absolute Gasteiger partial charge is 0.262 e. The summed E-state index contributed by atoms with van der Waals surface area (Å²) in [4.78, 5) is 12.1. The number of carbonyl (C=O) groups excluding carboxylic acids is 1. The normalized spacial score (nSPS) is 11.0. The Balaban J connectivity index is 2.03. The number of aryl methyl sites for hydroxylation is 1. The Morgan fingerprint density at radius 2 is 1.87 bits per heavy atom. The first kappa shape index (κ1) is 17.0. The highest BCUT2D eigenvalue weighted by Gasteiger charge is 2.14. The van der Waals surface area contributed by atoms with Gasteiger partial charge in [0.25, 0.3) is 5.91 Å². The second kappa shape index (κ2) is 7.28. The van der Waals surface area contributed by atoms with Gasteiger partial charge in [-0.05, 0) is 36.2 Å². The van der Waals surface area contributed by atoms with E-state index in [0.29, 0.717) is 5.75 Å². The number of carbonyl (C=O) groups is 1. The van der Waals surface area contributed by atoms with Crippen molar-refractivity contribution in [1.82, 2.24) is 0 Å². The van der Waals surface area contributed by atoms with Crippen molar-refractivity contribution in [2.75, 3.05) is 18.2 Å². The molecule has 0 aliphatic rings. The number of sulfone groups is 1. The highest BCUT2D eigenvalue weighted by Crippen LogP contribution is 2.20. The molecule has 5 nitrogen and oxygen atoms in total. The van der Waals surface area contributed by atoms with E-state index < -0.39 is 15.7 Å². The van der Waals surface area contributed by atoms with Crippen LogP contribution in [0.4, 0.5) is 5.69 Å². The lowest BCUT2D eigenvalue weighted by molar-refractivity contribution is -0.118. The fourth-order valence-corrected chi connectivity index (χ4v) is 2.93. The summed E-state index contributed by atoms with van der Waals surface area (Å²) in [6, 6.07) is 13.8. The molecule has 1 amide bonds. The van der Waals surface area contributed by atoms with Gasteiger partial charge < -0.3 is 10.1 Å². The number of hydrogen-bond donors (Lipinski definition) is 1. The number of para-hydroxylation sites is 1. The third kappa shape index (κ3) is 4.82. The zero-order valence-electron chi connectivity index (χ0n) is 13.1. The number of anilines is 1. The lowest BCUT2D eigenvalue weighted by Crippen LogP contribution is -2.21. The number of hydrogen-bond acceptors (Lipinski definition) is 4. The van der Waals surface area contributed by atoms with E-state index in [1.807, 2.05) is 25.1 Å². The van der Waals surface area contributed by atoms with Crippen molar-refractivity contribution >= 4 is 21.4 Å². The minimum Gasteiger partial charge on any atom is -0.484 e. The standard InChI is InChI=1S/C17H19NO4S/c1-3-13-7-6-8-14(11-13)22-12-17(19)18-15-9-4-5-10-16(15)23(2,20)21/h4-11H,3,12H2,1-2H3,(H,18,19). The Morgan fingerprint density at radius 1 is 1.13 bits per heavy atom. The van der Waals surface area contributed by atoms with Crippen LogP contribution in [0.5, 0.6) is 5.75 Å². The van der Waals surface area contributed by atoms with E-state index in [4.69, 9.17) is 4.74 Å². The highest BCUT2D eigenvalue weighted by atomic mass is 32.2. The van der Waals surface area contributed by atoms with Gasteiger partial charge in [-0.15, -0.1) is 0 Å². The van der Waals surface area contributed by atoms with Gasteiger partial charge in [0.05, 0.1) is 10.6 Å². The first-order valence-electron chi connectivity index (χ1n) is 7.21. The van der Waals surface area contributed by atoms with Crippen molar-refractivity contribution in [2.45, 2.75) is 18.2 Å². The first-order chi connectivity index (χ1) is 10.9. The van der Waals surface area contributed by atoms with Crippen LogP contribution < -0.4 is 10.1 Å². The molecule has 0 saturated carbocycles. The minimum absolute atomic E-state index is 0.0846. The molecule has 2 rings (SSSR count). The van der Waals surface area contributed by atoms with Gasteiger partial charge in [0.1, 0.15) is 5.75 Å². The number of nitrogens with one attached hydrogen (secondary N) is 1. The van der Waals surface area contributed by atoms with Crippen molar-refractivity contribution in [2.24, 2.45) is 0 Å². The van der Waals surface area contributed by atoms with Crippen LogP contribution in [0.3, 0.4) is 0 Å². The van der Waals surface area contributed by atoms with Crippen LogP contribution in [0.25, 0.3) is 0 Å². The van der Waals surface area contributed by atoms with Gasteiger partial charge in [0.2, 0.25) is 0 Å². The monoisotopic (exact) mass is 333 g/mol. The van der Waals surface area contributed by atoms with Gasteiger partial charge in [0, 0.05) is 6.26 Å². The molecule has 2 aromatic rings. The quantitative estimate of drug-likeness (QED) is 0.882. The summed E-state index contributed by atoms with van der Waals surface area (Å²) in [5, 5.41) is 2.57. The van der Waals surface area contributed by atoms with Gasteiger partial charge in [-0.3, -0.25) is 4.79 Å². The molecule has 0 bridgehead atoms. The van der Waals surface area contributed by atoms with Crippen molar-refractivity contribution in [3.05, 3.63) is 54.1 Å². The van der Waals surface area contributed by atoms with Crippen LogP contribution in [0.2, 0.25) is 0 Å². The molecular formula is C17H19NO4S. The zero-order valence-corrected chi connectivity index (χ0v) is 13.9. The van der Waals surface area contributed by atoms with E-state index in [2.05, 4.69) is 5.32 Å². The van der Waals surface area contributed by atoms with Crippen molar-refractivity contribution in [3.8, 4) is 5.75 Å². The van der Waals surface area contributed by atoms with Crippen LogP contribution in [0.1, 0.15) is 12.5 Å². The first-order valence-corrected chi connectivity index (χ1v) is 9.10. The summed E-state index contributed by atoms with van der Waals surface area (Å²) in [7, 11) is -3.41. The Labute approximate surface area is 136 Å². The fourth-order valence-electron chi connectivity index (χ4n) is 2.08. The molecule has 2 aromatic carbocycles. The summed E-state index contributed by atoms with van der Waals surface area (Å²) in [5.74, 6) is 0.193. The van der Waals surface area contributed by atoms with Gasteiger partial charge in [-0.1, -0.05) is 31.2 Å². The molecule has 0 fully saturated rings. The largest absolute Gasteiger partial charge is 0.484 e. The average molecular weight is 333 g/mol. The Bertz CT molecular complexity index is 800. The third-order valence-corrected chi connectivity index (χ3v) is 4.39. The third-order valence-electron chi connectivity index (χ3n) is 3.24. The SMILES string of the molecule is CCc1cccc(OCC(=O)Nc2ccccc2S(C)(=O)=O)c1. The summed E-state index contributed by atoms with van der Waals surface area (Å²) < 4.78 is 28.9. The Morgan fingerprint density at radius 3 is 2.57 bits per heavy atom. The molecule has 0 radical (unpaired) electrons. The van der Waals surface area contributed by atoms with E-state index in [0.717, 1.165) is 18.2 Å². The maximum absolute atomic E-state index is 12.0. The maximum atomic E-state index is 12.0. The van der Waals surface area contributed by atoms with Crippen molar-refractivity contribution in [3.63, 3.8) is 0 Å². The van der Waals surface area contributed by atoms with E-state index in [1.54, 1.807) is 24.3 Å². The van der Waals surface area contributed by atoms with E-state index in [1.165, 1.54) is 6.07 Å². The zero-order chi connectivity index (χ0) is 16.9. The summed E-state index contributed by atoms with van der Waals surface area (Å²) >= 11 is 0. The fraction of sp³-hybridized carbons (Fsp3) is 0.235. The van der Waals surface area contributed by atoms with E-state index in [-0.39, 0.29) is 17.2 Å². The predicted octanol–water partition coefficient (Wildman–Crippen LogP) is 2.67. The number of benzene rings is 2. The van der Waals surface area contributed by atoms with Gasteiger partial charge in [-0.2, -0.15) is 0 Å². The van der Waals surface area contributed by atoms with Gasteiger partial charge in [0.15, 0.2) is 16.4 Å². The number of amides is 1. The second-order valence-corrected chi connectivity index (χ2v) is 7.09. The van der Waals surface area contributed by atoms with Crippen LogP contribution in [-0.4, -0.2) is 27.2 Å². The van der Waals surface area contributed by atoms with Crippen LogP contribution in [-0.2, 0) is 21.1 Å². The molecule has 0 aromatic heterocycles. The van der Waals surface area contributed by atoms with Crippen molar-refractivity contribution < 1.29 is 17.9 Å². The minimum atomic E-state index is -3.41. The maximum Gasteiger partial charge on any atom is 0.262 e. The molecule has 0 spiro atoms. The summed E-state index contributed by atoms with van der Waals surface area (Å²) in [6.45, 7) is 1.85. The molecule has 0 heterocycles. The molecule has 6 heteroatoms. The number of ether oxygens (including phenoxy) is 1. The van der Waals surface area contributed by atoms with Crippen LogP contribution in [0.15, 0.2) is 53.4 Å². The predicted molar refractivity (Wildman–Crippen MR) is 89.5 cm³/mol. The molecule has 0 saturated heterocycles. The van der Waals surface area contributed by atoms with E-state index >= 15 is 0 Å². The molecule has 23 heavy (non-hydrogen) atoms. The Hall–Kier alpha value is -2.34. The lowest BCUT2D eigenvalue weighted by atomic mass is 10.2. The van der Waals surface area contributed by atoms with E-state index in [9.17, 15) is 13.2 Å². The molecule has 0 atom stereocenters. The molecule has 0 unspecified atom stereocenters. The molecule has 122 valence electrons. The summed E-state index contributed by atoms with van der Waals surface area (Å²) in [6.07, 6.45) is 1.98. The topological polar surface area (TPSA) is 72.5 Å². The average Bonchev–Trinajstić information content (AvgIpc) is 2.52. The van der Waals surface area contributed by atoms with Crippen molar-refractivity contribution in [1.29, 1.82) is 0 Å². The Kier molecular flexibility index (Phi) is 5.39. The lowest BCUT2D eigenvalue weighted by Gasteiger charge is -2.11. The highest BCUT2D eigenvalue weighted by molar-refractivity contribution is 7.90. The molecule has 1 N–H and O–H groups in total. The van der Waals surface area contributed by atoms with Crippen LogP contribution in [0, 0.1) is 0 Å². The molecular weight excluding hydrogens is 314 g/mol. The second-order valence-electron chi connectivity index (χ2n) is 5.11. The molecule has 0 aliphatic heterocycles. The van der Waals surface area contributed by atoms with Crippen LogP contribution >= 0.6 is 0 Å². The number of rotatable bonds is 6. The van der Waals surface area contributed by atoms with Gasteiger partial charge >= 0.3 is 0 Å². The van der Waals surface area contributed by atoms with Gasteiger partial charge in [-0.25, -0.2) is 8.42 Å².